The van der Waals surface area contributed by atoms with Gasteiger partial charge in [0.1, 0.15) is 12.2 Å². The molecule has 1 heterocycles. The van der Waals surface area contributed by atoms with Gasteiger partial charge in [-0.15, -0.1) is 10.2 Å². The third-order valence-corrected chi connectivity index (χ3v) is 2.76. The first kappa shape index (κ1) is 13.6. The number of hydrogen-bond acceptors (Lipinski definition) is 4. The first-order valence-corrected chi connectivity index (χ1v) is 5.83. The molecule has 6 nitrogen and oxygen atoms in total. The van der Waals surface area contributed by atoms with Crippen LogP contribution in [-0.2, 0) is 18.4 Å². The summed E-state index contributed by atoms with van der Waals surface area (Å²) >= 11 is 0. The second kappa shape index (κ2) is 6.34. The van der Waals surface area contributed by atoms with Crippen LogP contribution in [0.3, 0.4) is 0 Å². The number of nitrogens with one attached hydrogen (secondary N) is 2. The molecule has 0 aliphatic carbocycles. The normalized spacial score (nSPS) is 12.8. The maximum atomic E-state index is 11.6. The predicted octanol–water partition coefficient (Wildman–Crippen LogP) is 0.0654. The fourth-order valence-electron chi connectivity index (χ4n) is 1.23. The highest BCUT2D eigenvalue weighted by Gasteiger charge is 2.10. The monoisotopic (exact) mass is 239 g/mol. The van der Waals surface area contributed by atoms with E-state index in [0.29, 0.717) is 19.0 Å². The van der Waals surface area contributed by atoms with E-state index in [1.54, 1.807) is 6.33 Å². The van der Waals surface area contributed by atoms with Gasteiger partial charge in [0.15, 0.2) is 0 Å². The van der Waals surface area contributed by atoms with E-state index in [-0.39, 0.29) is 11.9 Å². The molecule has 1 amide bonds. The lowest BCUT2D eigenvalue weighted by Crippen LogP contribution is -2.41. The highest BCUT2D eigenvalue weighted by Crippen LogP contribution is 1.98. The Labute approximate surface area is 102 Å². The van der Waals surface area contributed by atoms with Gasteiger partial charge in [0.05, 0.1) is 13.1 Å². The van der Waals surface area contributed by atoms with Gasteiger partial charge in [-0.2, -0.15) is 0 Å². The Kier molecular flexibility index (Phi) is 5.09. The molecule has 1 unspecified atom stereocenters. The maximum absolute atomic E-state index is 11.6. The minimum atomic E-state index is 0.00775. The van der Waals surface area contributed by atoms with Crippen LogP contribution < -0.4 is 10.6 Å². The molecule has 0 aromatic carbocycles. The maximum Gasteiger partial charge on any atom is 0.234 e. The largest absolute Gasteiger partial charge is 0.352 e. The van der Waals surface area contributed by atoms with Crippen molar-refractivity contribution in [3.8, 4) is 0 Å². The molecular weight excluding hydrogens is 218 g/mol. The van der Waals surface area contributed by atoms with Gasteiger partial charge >= 0.3 is 0 Å². The lowest BCUT2D eigenvalue weighted by atomic mass is 10.1. The molecule has 0 aliphatic heterocycles. The standard InChI is InChI=1S/C11H21N5O/c1-8(2)9(3)14-11(17)6-12-5-10-15-13-7-16(10)4/h7-9,12H,5-6H2,1-4H3,(H,14,17). The number of hydrogen-bond donors (Lipinski definition) is 2. The Bertz CT molecular complexity index is 360. The second-order valence-electron chi connectivity index (χ2n) is 4.56. The Hall–Kier alpha value is -1.43. The van der Waals surface area contributed by atoms with Gasteiger partial charge < -0.3 is 15.2 Å². The first-order valence-electron chi connectivity index (χ1n) is 5.83. The predicted molar refractivity (Wildman–Crippen MR) is 65.2 cm³/mol. The molecule has 0 saturated heterocycles. The van der Waals surface area contributed by atoms with Crippen molar-refractivity contribution in [3.63, 3.8) is 0 Å². The molecule has 6 heteroatoms. The Morgan fingerprint density at radius 2 is 2.18 bits per heavy atom. The van der Waals surface area contributed by atoms with Crippen LogP contribution in [0.15, 0.2) is 6.33 Å². The van der Waals surface area contributed by atoms with E-state index in [0.717, 1.165) is 5.82 Å². The van der Waals surface area contributed by atoms with Crippen molar-refractivity contribution in [2.45, 2.75) is 33.4 Å². The molecule has 1 atom stereocenters. The van der Waals surface area contributed by atoms with E-state index >= 15 is 0 Å². The summed E-state index contributed by atoms with van der Waals surface area (Å²) in [6.07, 6.45) is 1.64. The smallest absolute Gasteiger partial charge is 0.234 e. The fraction of sp³-hybridized carbons (Fsp3) is 0.727. The summed E-state index contributed by atoms with van der Waals surface area (Å²) < 4.78 is 1.82. The molecule has 1 aromatic heterocycles. The van der Waals surface area contributed by atoms with Gasteiger partial charge in [0.25, 0.3) is 0 Å². The number of aromatic nitrogens is 3. The zero-order valence-electron chi connectivity index (χ0n) is 10.9. The molecule has 0 fully saturated rings. The minimum absolute atomic E-state index is 0.00775. The molecule has 0 aliphatic rings. The van der Waals surface area contributed by atoms with Crippen LogP contribution in [0, 0.1) is 5.92 Å². The fourth-order valence-corrected chi connectivity index (χ4v) is 1.23. The van der Waals surface area contributed by atoms with Crippen LogP contribution in [0.5, 0.6) is 0 Å². The Morgan fingerprint density at radius 3 is 2.71 bits per heavy atom. The third-order valence-electron chi connectivity index (χ3n) is 2.76. The van der Waals surface area contributed by atoms with Crippen LogP contribution in [0.25, 0.3) is 0 Å². The van der Waals surface area contributed by atoms with E-state index in [1.165, 1.54) is 0 Å². The molecule has 2 N–H and O–H groups in total. The minimum Gasteiger partial charge on any atom is -0.352 e. The van der Waals surface area contributed by atoms with Crippen molar-refractivity contribution in [1.82, 2.24) is 25.4 Å². The topological polar surface area (TPSA) is 71.8 Å². The lowest BCUT2D eigenvalue weighted by molar-refractivity contribution is -0.121. The van der Waals surface area contributed by atoms with Crippen LogP contribution >= 0.6 is 0 Å². The first-order chi connectivity index (χ1) is 8.00. The van der Waals surface area contributed by atoms with Crippen LogP contribution in [0.2, 0.25) is 0 Å². The van der Waals surface area contributed by atoms with E-state index in [9.17, 15) is 4.79 Å². The van der Waals surface area contributed by atoms with Crippen molar-refractivity contribution >= 4 is 5.91 Å². The van der Waals surface area contributed by atoms with Gasteiger partial charge in [-0.3, -0.25) is 4.79 Å². The molecule has 1 aromatic rings. The van der Waals surface area contributed by atoms with E-state index in [4.69, 9.17) is 0 Å². The van der Waals surface area contributed by atoms with Gasteiger partial charge in [-0.25, -0.2) is 0 Å². The van der Waals surface area contributed by atoms with Crippen molar-refractivity contribution in [2.75, 3.05) is 6.54 Å². The molecule has 0 radical (unpaired) electrons. The zero-order chi connectivity index (χ0) is 12.8. The van der Waals surface area contributed by atoms with Crippen molar-refractivity contribution in [3.05, 3.63) is 12.2 Å². The van der Waals surface area contributed by atoms with E-state index < -0.39 is 0 Å². The molecule has 17 heavy (non-hydrogen) atoms. The van der Waals surface area contributed by atoms with E-state index in [2.05, 4.69) is 34.7 Å². The summed E-state index contributed by atoms with van der Waals surface area (Å²) in [5.74, 6) is 1.26. The van der Waals surface area contributed by atoms with Crippen LogP contribution in [0.1, 0.15) is 26.6 Å². The van der Waals surface area contributed by atoms with Crippen molar-refractivity contribution in [2.24, 2.45) is 13.0 Å². The number of amides is 1. The zero-order valence-corrected chi connectivity index (χ0v) is 10.9. The number of aryl methyl sites for hydroxylation is 1. The van der Waals surface area contributed by atoms with Gasteiger partial charge in [-0.1, -0.05) is 13.8 Å². The van der Waals surface area contributed by atoms with Gasteiger partial charge in [0.2, 0.25) is 5.91 Å². The Morgan fingerprint density at radius 1 is 1.47 bits per heavy atom. The third kappa shape index (κ3) is 4.52. The quantitative estimate of drug-likeness (QED) is 0.736. The summed E-state index contributed by atoms with van der Waals surface area (Å²) in [5, 5.41) is 13.7. The molecule has 0 saturated carbocycles. The molecule has 0 spiro atoms. The average Bonchev–Trinajstić information content (AvgIpc) is 2.64. The highest BCUT2D eigenvalue weighted by atomic mass is 16.1. The lowest BCUT2D eigenvalue weighted by Gasteiger charge is -2.17. The van der Waals surface area contributed by atoms with Crippen LogP contribution in [-0.4, -0.2) is 33.3 Å². The second-order valence-corrected chi connectivity index (χ2v) is 4.56. The summed E-state index contributed by atoms with van der Waals surface area (Å²) in [5.41, 5.74) is 0. The molecule has 96 valence electrons. The van der Waals surface area contributed by atoms with Gasteiger partial charge in [0, 0.05) is 13.1 Å². The number of rotatable bonds is 6. The molecule has 0 bridgehead atoms. The number of nitrogens with zero attached hydrogens (tertiary/aromatic N) is 3. The molecule has 1 rings (SSSR count). The summed E-state index contributed by atoms with van der Waals surface area (Å²) in [6.45, 7) is 7.00. The van der Waals surface area contributed by atoms with Crippen LogP contribution in [0.4, 0.5) is 0 Å². The average molecular weight is 239 g/mol. The Balaban J connectivity index is 2.23. The van der Waals surface area contributed by atoms with E-state index in [1.807, 2.05) is 18.5 Å². The SMILES string of the molecule is CC(C)C(C)NC(=O)CNCc1nncn1C. The highest BCUT2D eigenvalue weighted by molar-refractivity contribution is 5.78. The summed E-state index contributed by atoms with van der Waals surface area (Å²) in [4.78, 5) is 11.6. The number of carbonyl (C=O) groups excluding carboxylic acids is 1. The summed E-state index contributed by atoms with van der Waals surface area (Å²) in [7, 11) is 1.87. The van der Waals surface area contributed by atoms with Crippen molar-refractivity contribution < 1.29 is 4.79 Å². The molecular formula is C11H21N5O. The summed E-state index contributed by atoms with van der Waals surface area (Å²) in [6, 6.07) is 0.194. The van der Waals surface area contributed by atoms with Gasteiger partial charge in [-0.05, 0) is 12.8 Å². The number of carbonyl (C=O) groups is 1. The van der Waals surface area contributed by atoms with Crippen molar-refractivity contribution in [1.29, 1.82) is 0 Å².